The van der Waals surface area contributed by atoms with E-state index in [0.29, 0.717) is 17.7 Å². The van der Waals surface area contributed by atoms with Crippen LogP contribution in [0.2, 0.25) is 0 Å². The third kappa shape index (κ3) is 2.36. The molecular weight excluding hydrogens is 270 g/mol. The summed E-state index contributed by atoms with van der Waals surface area (Å²) >= 11 is 0. The fourth-order valence-electron chi connectivity index (χ4n) is 2.80. The highest BCUT2D eigenvalue weighted by Gasteiger charge is 2.22. The highest BCUT2D eigenvalue weighted by Crippen LogP contribution is 2.37. The molecular formula is C16H15NO4. The molecule has 0 fully saturated rings. The van der Waals surface area contributed by atoms with Crippen LogP contribution in [0.1, 0.15) is 23.7 Å². The molecule has 1 atom stereocenters. The average Bonchev–Trinajstić information content (AvgIpc) is 2.87. The van der Waals surface area contributed by atoms with Crippen LogP contribution in [-0.4, -0.2) is 17.1 Å². The fourth-order valence-corrected chi connectivity index (χ4v) is 2.80. The van der Waals surface area contributed by atoms with E-state index in [1.54, 1.807) is 12.1 Å². The summed E-state index contributed by atoms with van der Waals surface area (Å²) in [4.78, 5) is 10.9. The van der Waals surface area contributed by atoms with E-state index in [-0.39, 0.29) is 5.69 Å². The summed E-state index contributed by atoms with van der Waals surface area (Å²) in [6.07, 6.45) is 1.09. The number of hydrogen-bond donors (Lipinski definition) is 1. The van der Waals surface area contributed by atoms with Crippen molar-refractivity contribution in [2.45, 2.75) is 18.9 Å². The van der Waals surface area contributed by atoms with Crippen LogP contribution in [0.4, 0.5) is 5.69 Å². The van der Waals surface area contributed by atoms with Gasteiger partial charge in [0.2, 0.25) is 0 Å². The number of hydrogen-bond acceptors (Lipinski definition) is 4. The van der Waals surface area contributed by atoms with Crippen LogP contribution >= 0.6 is 0 Å². The molecule has 0 radical (unpaired) electrons. The van der Waals surface area contributed by atoms with Gasteiger partial charge < -0.3 is 9.84 Å². The number of benzene rings is 2. The Balaban J connectivity index is 2.10. The van der Waals surface area contributed by atoms with Crippen LogP contribution < -0.4 is 4.74 Å². The Bertz CT molecular complexity index is 711. The van der Waals surface area contributed by atoms with Crippen molar-refractivity contribution in [2.24, 2.45) is 0 Å². The van der Waals surface area contributed by atoms with Crippen molar-refractivity contribution < 1.29 is 14.8 Å². The Hall–Kier alpha value is -2.40. The Morgan fingerprint density at radius 3 is 2.81 bits per heavy atom. The number of methoxy groups -OCH3 is 1. The number of nitro benzene ring substituents is 1. The summed E-state index contributed by atoms with van der Waals surface area (Å²) in [6, 6.07) is 10.4. The minimum atomic E-state index is -0.417. The normalized spacial score (nSPS) is 16.6. The first-order valence-corrected chi connectivity index (χ1v) is 6.74. The molecule has 1 aliphatic rings. The van der Waals surface area contributed by atoms with Gasteiger partial charge in [-0.25, -0.2) is 0 Å². The zero-order valence-corrected chi connectivity index (χ0v) is 11.6. The number of rotatable bonds is 3. The van der Waals surface area contributed by atoms with E-state index in [1.807, 2.05) is 18.2 Å². The third-order valence-corrected chi connectivity index (χ3v) is 3.90. The van der Waals surface area contributed by atoms with E-state index in [9.17, 15) is 15.2 Å². The van der Waals surface area contributed by atoms with Gasteiger partial charge in [-0.3, -0.25) is 10.1 Å². The van der Waals surface area contributed by atoms with Gasteiger partial charge in [0.25, 0.3) is 5.69 Å². The third-order valence-electron chi connectivity index (χ3n) is 3.90. The molecule has 5 heteroatoms. The standard InChI is InChI=1S/C16H15NO4/c1-21-12-4-6-13(15(9-12)17(19)20)10-2-5-14-11(8-10)3-7-16(14)18/h2,4-6,8-9,16,18H,3,7H2,1H3. The SMILES string of the molecule is COc1ccc(-c2ccc3c(c2)CCC3O)c([N+](=O)[O-])c1. The molecule has 0 heterocycles. The van der Waals surface area contributed by atoms with Crippen LogP contribution in [0.5, 0.6) is 5.75 Å². The summed E-state index contributed by atoms with van der Waals surface area (Å²) in [6.45, 7) is 0. The topological polar surface area (TPSA) is 72.6 Å². The second-order valence-electron chi connectivity index (χ2n) is 5.11. The number of ether oxygens (including phenoxy) is 1. The molecule has 3 rings (SSSR count). The van der Waals surface area contributed by atoms with Crippen LogP contribution in [0.15, 0.2) is 36.4 Å². The first kappa shape index (κ1) is 13.6. The highest BCUT2D eigenvalue weighted by atomic mass is 16.6. The molecule has 2 aromatic rings. The quantitative estimate of drug-likeness (QED) is 0.694. The lowest BCUT2D eigenvalue weighted by Crippen LogP contribution is -1.95. The lowest BCUT2D eigenvalue weighted by atomic mass is 9.99. The van der Waals surface area contributed by atoms with E-state index in [2.05, 4.69) is 0 Å². The molecule has 1 unspecified atom stereocenters. The molecule has 0 saturated carbocycles. The summed E-state index contributed by atoms with van der Waals surface area (Å²) in [5, 5.41) is 21.1. The smallest absolute Gasteiger partial charge is 0.280 e. The number of nitro groups is 1. The minimum Gasteiger partial charge on any atom is -0.497 e. The van der Waals surface area contributed by atoms with E-state index in [0.717, 1.165) is 23.1 Å². The molecule has 0 aromatic heterocycles. The van der Waals surface area contributed by atoms with Gasteiger partial charge >= 0.3 is 0 Å². The van der Waals surface area contributed by atoms with Gasteiger partial charge in [0.05, 0.1) is 29.8 Å². The molecule has 1 N–H and O–H groups in total. The van der Waals surface area contributed by atoms with E-state index in [4.69, 9.17) is 4.74 Å². The van der Waals surface area contributed by atoms with Gasteiger partial charge in [0, 0.05) is 0 Å². The van der Waals surface area contributed by atoms with Crippen molar-refractivity contribution in [1.82, 2.24) is 0 Å². The van der Waals surface area contributed by atoms with E-state index in [1.165, 1.54) is 13.2 Å². The zero-order chi connectivity index (χ0) is 15.0. The number of nitrogens with zero attached hydrogens (tertiary/aromatic N) is 1. The summed E-state index contributed by atoms with van der Waals surface area (Å²) in [7, 11) is 1.48. The van der Waals surface area contributed by atoms with Crippen LogP contribution in [0.3, 0.4) is 0 Å². The predicted octanol–water partition coefficient (Wildman–Crippen LogP) is 3.25. The minimum absolute atomic E-state index is 0.0212. The molecule has 1 aliphatic carbocycles. The van der Waals surface area contributed by atoms with Crippen molar-refractivity contribution in [3.63, 3.8) is 0 Å². The monoisotopic (exact) mass is 285 g/mol. The molecule has 0 amide bonds. The molecule has 0 aliphatic heterocycles. The fraction of sp³-hybridized carbons (Fsp3) is 0.250. The van der Waals surface area contributed by atoms with Gasteiger partial charge in [0.15, 0.2) is 0 Å². The molecule has 5 nitrogen and oxygen atoms in total. The first-order chi connectivity index (χ1) is 10.1. The average molecular weight is 285 g/mol. The van der Waals surface area contributed by atoms with Crippen LogP contribution in [0, 0.1) is 10.1 Å². The van der Waals surface area contributed by atoms with Gasteiger partial charge in [-0.2, -0.15) is 0 Å². The predicted molar refractivity (Wildman–Crippen MR) is 78.4 cm³/mol. The maximum atomic E-state index is 11.3. The van der Waals surface area contributed by atoms with Crippen molar-refractivity contribution in [3.8, 4) is 16.9 Å². The summed E-state index contributed by atoms with van der Waals surface area (Å²) in [5.41, 5.74) is 3.36. The molecule has 108 valence electrons. The molecule has 0 bridgehead atoms. The second kappa shape index (κ2) is 5.18. The van der Waals surface area contributed by atoms with Crippen LogP contribution in [0.25, 0.3) is 11.1 Å². The van der Waals surface area contributed by atoms with Gasteiger partial charge in [-0.15, -0.1) is 0 Å². The summed E-state index contributed by atoms with van der Waals surface area (Å²) in [5.74, 6) is 0.460. The molecule has 0 spiro atoms. The maximum Gasteiger partial charge on any atom is 0.280 e. The van der Waals surface area contributed by atoms with Crippen molar-refractivity contribution in [2.75, 3.05) is 7.11 Å². The number of aliphatic hydroxyl groups excluding tert-OH is 1. The number of aliphatic hydroxyl groups is 1. The van der Waals surface area contributed by atoms with Gasteiger partial charge in [-0.1, -0.05) is 18.2 Å². The van der Waals surface area contributed by atoms with E-state index >= 15 is 0 Å². The summed E-state index contributed by atoms with van der Waals surface area (Å²) < 4.78 is 5.05. The van der Waals surface area contributed by atoms with Crippen LogP contribution in [-0.2, 0) is 6.42 Å². The van der Waals surface area contributed by atoms with Crippen molar-refractivity contribution in [1.29, 1.82) is 0 Å². The lowest BCUT2D eigenvalue weighted by Gasteiger charge is -2.08. The van der Waals surface area contributed by atoms with Gasteiger partial charge in [0.1, 0.15) is 5.75 Å². The molecule has 21 heavy (non-hydrogen) atoms. The Morgan fingerprint density at radius 1 is 1.29 bits per heavy atom. The Kier molecular flexibility index (Phi) is 3.35. The largest absolute Gasteiger partial charge is 0.497 e. The zero-order valence-electron chi connectivity index (χ0n) is 11.6. The molecule has 0 saturated heterocycles. The number of fused-ring (bicyclic) bond motifs is 1. The number of aryl methyl sites for hydroxylation is 1. The Morgan fingerprint density at radius 2 is 2.10 bits per heavy atom. The Labute approximate surface area is 122 Å². The first-order valence-electron chi connectivity index (χ1n) is 6.74. The maximum absolute atomic E-state index is 11.3. The second-order valence-corrected chi connectivity index (χ2v) is 5.11. The lowest BCUT2D eigenvalue weighted by molar-refractivity contribution is -0.384. The molecule has 2 aromatic carbocycles. The van der Waals surface area contributed by atoms with Crippen molar-refractivity contribution >= 4 is 5.69 Å². The van der Waals surface area contributed by atoms with Crippen molar-refractivity contribution in [3.05, 3.63) is 57.6 Å². The van der Waals surface area contributed by atoms with E-state index < -0.39 is 11.0 Å². The van der Waals surface area contributed by atoms with Gasteiger partial charge in [-0.05, 0) is 41.7 Å². The highest BCUT2D eigenvalue weighted by molar-refractivity contribution is 5.75.